The van der Waals surface area contributed by atoms with Crippen LogP contribution in [-0.2, 0) is 19.5 Å². The zero-order chi connectivity index (χ0) is 21.2. The van der Waals surface area contributed by atoms with Gasteiger partial charge in [0.15, 0.2) is 0 Å². The molecule has 0 radical (unpaired) electrons. The lowest BCUT2D eigenvalue weighted by atomic mass is 10.2. The van der Waals surface area contributed by atoms with Gasteiger partial charge in [-0.3, -0.25) is 9.69 Å². The Hall–Kier alpha value is -2.58. The molecule has 0 aliphatic carbocycles. The van der Waals surface area contributed by atoms with Crippen molar-refractivity contribution < 1.29 is 4.79 Å². The van der Waals surface area contributed by atoms with Gasteiger partial charge in [-0.1, -0.05) is 36.8 Å². The number of aromatic nitrogens is 4. The molecule has 0 atom stereocenters. The van der Waals surface area contributed by atoms with Crippen molar-refractivity contribution in [3.05, 3.63) is 52.6 Å². The van der Waals surface area contributed by atoms with Crippen LogP contribution in [0, 0.1) is 6.92 Å². The normalized spacial score (nSPS) is 17.4. The summed E-state index contributed by atoms with van der Waals surface area (Å²) in [5.74, 6) is 2.31. The molecule has 1 saturated heterocycles. The number of rotatable bonds is 4. The van der Waals surface area contributed by atoms with Crippen LogP contribution in [0.2, 0.25) is 0 Å². The standard InChI is InChI=1S/C23H28N6OS/c1-17-21(31-22(24-17)18-8-4-2-5-9-18)23(30)28-14-12-27(13-15-28)16-20-26-25-19-10-6-3-7-11-29(19)20/h2,4-5,8-9H,3,6-7,10-16H2,1H3. The van der Waals surface area contributed by atoms with Crippen LogP contribution < -0.4 is 0 Å². The Bertz CT molecular complexity index is 1050. The van der Waals surface area contributed by atoms with Crippen molar-refractivity contribution >= 4 is 17.2 Å². The van der Waals surface area contributed by atoms with E-state index in [9.17, 15) is 4.79 Å². The molecule has 1 aromatic carbocycles. The van der Waals surface area contributed by atoms with E-state index >= 15 is 0 Å². The van der Waals surface area contributed by atoms with Crippen molar-refractivity contribution in [3.8, 4) is 10.6 Å². The minimum atomic E-state index is 0.105. The molecule has 1 fully saturated rings. The van der Waals surface area contributed by atoms with Gasteiger partial charge in [-0.15, -0.1) is 21.5 Å². The van der Waals surface area contributed by atoms with Crippen LogP contribution in [0.25, 0.3) is 10.6 Å². The molecule has 0 bridgehead atoms. The third kappa shape index (κ3) is 4.27. The average Bonchev–Trinajstić information content (AvgIpc) is 3.28. The highest BCUT2D eigenvalue weighted by Crippen LogP contribution is 2.29. The van der Waals surface area contributed by atoms with Crippen molar-refractivity contribution in [2.75, 3.05) is 26.2 Å². The molecule has 1 amide bonds. The zero-order valence-corrected chi connectivity index (χ0v) is 18.8. The number of hydrogen-bond acceptors (Lipinski definition) is 6. The molecule has 31 heavy (non-hydrogen) atoms. The van der Waals surface area contributed by atoms with E-state index in [-0.39, 0.29) is 5.91 Å². The average molecular weight is 437 g/mol. The Labute approximate surface area is 186 Å². The van der Waals surface area contributed by atoms with E-state index in [0.29, 0.717) is 0 Å². The minimum Gasteiger partial charge on any atom is -0.335 e. The van der Waals surface area contributed by atoms with Gasteiger partial charge in [0.25, 0.3) is 5.91 Å². The van der Waals surface area contributed by atoms with Gasteiger partial charge in [-0.05, 0) is 19.8 Å². The van der Waals surface area contributed by atoms with E-state index in [1.165, 1.54) is 30.6 Å². The van der Waals surface area contributed by atoms with Crippen molar-refractivity contribution in [2.24, 2.45) is 0 Å². The number of amides is 1. The van der Waals surface area contributed by atoms with Crippen molar-refractivity contribution in [3.63, 3.8) is 0 Å². The molecule has 2 aliphatic rings. The fraction of sp³-hybridized carbons (Fsp3) is 0.478. The Kier molecular flexibility index (Phi) is 5.82. The van der Waals surface area contributed by atoms with Gasteiger partial charge >= 0.3 is 0 Å². The number of carbonyl (C=O) groups excluding carboxylic acids is 1. The molecule has 2 aliphatic heterocycles. The summed E-state index contributed by atoms with van der Waals surface area (Å²) < 4.78 is 2.32. The largest absolute Gasteiger partial charge is 0.335 e. The van der Waals surface area contributed by atoms with Gasteiger partial charge in [0.1, 0.15) is 21.5 Å². The third-order valence-electron chi connectivity index (χ3n) is 6.22. The number of carbonyl (C=O) groups is 1. The Morgan fingerprint density at radius 1 is 1.00 bits per heavy atom. The van der Waals surface area contributed by atoms with Crippen molar-refractivity contribution in [1.29, 1.82) is 0 Å². The smallest absolute Gasteiger partial charge is 0.265 e. The predicted octanol–water partition coefficient (Wildman–Crippen LogP) is 3.39. The molecular formula is C23H28N6OS. The number of aryl methyl sites for hydroxylation is 2. The molecule has 2 aromatic heterocycles. The molecule has 0 unspecified atom stereocenters. The summed E-state index contributed by atoms with van der Waals surface area (Å²) >= 11 is 1.50. The predicted molar refractivity (Wildman–Crippen MR) is 121 cm³/mol. The summed E-state index contributed by atoms with van der Waals surface area (Å²) in [4.78, 5) is 22.9. The first kappa shape index (κ1) is 20.3. The number of hydrogen-bond donors (Lipinski definition) is 0. The van der Waals surface area contributed by atoms with Crippen LogP contribution in [0.4, 0.5) is 0 Å². The fourth-order valence-electron chi connectivity index (χ4n) is 4.41. The maximum atomic E-state index is 13.2. The number of fused-ring (bicyclic) bond motifs is 1. The number of piperazine rings is 1. The van der Waals surface area contributed by atoms with Gasteiger partial charge in [-0.25, -0.2) is 4.98 Å². The molecule has 8 heteroatoms. The molecular weight excluding hydrogens is 408 g/mol. The highest BCUT2D eigenvalue weighted by Gasteiger charge is 2.27. The highest BCUT2D eigenvalue weighted by molar-refractivity contribution is 7.17. The van der Waals surface area contributed by atoms with E-state index < -0.39 is 0 Å². The molecule has 7 nitrogen and oxygen atoms in total. The number of thiazole rings is 1. The SMILES string of the molecule is Cc1nc(-c2ccccc2)sc1C(=O)N1CCN(Cc2nnc3n2CCCCC3)CC1. The zero-order valence-electron chi connectivity index (χ0n) is 18.0. The molecule has 0 N–H and O–H groups in total. The van der Waals surface area contributed by atoms with Crippen LogP contribution in [0.15, 0.2) is 30.3 Å². The quantitative estimate of drug-likeness (QED) is 0.627. The molecule has 3 aromatic rings. The van der Waals surface area contributed by atoms with Gasteiger partial charge in [-0.2, -0.15) is 0 Å². The minimum absolute atomic E-state index is 0.105. The summed E-state index contributed by atoms with van der Waals surface area (Å²) in [5.41, 5.74) is 1.88. The van der Waals surface area contributed by atoms with E-state index in [1.54, 1.807) is 0 Å². The summed E-state index contributed by atoms with van der Waals surface area (Å²) in [6.45, 7) is 6.96. The van der Waals surface area contributed by atoms with Crippen LogP contribution in [-0.4, -0.2) is 61.6 Å². The Morgan fingerprint density at radius 3 is 2.61 bits per heavy atom. The van der Waals surface area contributed by atoms with Gasteiger partial charge in [0, 0.05) is 44.7 Å². The molecule has 4 heterocycles. The summed E-state index contributed by atoms with van der Waals surface area (Å²) in [7, 11) is 0. The van der Waals surface area contributed by atoms with Gasteiger partial charge in [0.2, 0.25) is 0 Å². The maximum Gasteiger partial charge on any atom is 0.265 e. The van der Waals surface area contributed by atoms with E-state index in [0.717, 1.165) is 78.5 Å². The van der Waals surface area contributed by atoms with Crippen LogP contribution in [0.1, 0.15) is 46.3 Å². The lowest BCUT2D eigenvalue weighted by Crippen LogP contribution is -2.48. The number of benzene rings is 1. The summed E-state index contributed by atoms with van der Waals surface area (Å²) in [5, 5.41) is 9.79. The Morgan fingerprint density at radius 2 is 1.81 bits per heavy atom. The van der Waals surface area contributed by atoms with Crippen molar-refractivity contribution in [2.45, 2.75) is 45.7 Å². The van der Waals surface area contributed by atoms with E-state index in [2.05, 4.69) is 24.6 Å². The first-order valence-corrected chi connectivity index (χ1v) is 12.0. The third-order valence-corrected chi connectivity index (χ3v) is 7.42. The second-order valence-electron chi connectivity index (χ2n) is 8.36. The van der Waals surface area contributed by atoms with Gasteiger partial charge < -0.3 is 9.47 Å². The lowest BCUT2D eigenvalue weighted by molar-refractivity contribution is 0.0627. The fourth-order valence-corrected chi connectivity index (χ4v) is 5.45. The maximum absolute atomic E-state index is 13.2. The molecule has 0 saturated carbocycles. The van der Waals surface area contributed by atoms with Crippen LogP contribution >= 0.6 is 11.3 Å². The molecule has 0 spiro atoms. The van der Waals surface area contributed by atoms with E-state index in [1.807, 2.05) is 42.2 Å². The summed E-state index contributed by atoms with van der Waals surface area (Å²) in [6.07, 6.45) is 4.72. The second-order valence-corrected chi connectivity index (χ2v) is 9.36. The first-order valence-electron chi connectivity index (χ1n) is 11.1. The lowest BCUT2D eigenvalue weighted by Gasteiger charge is -2.34. The topological polar surface area (TPSA) is 67.2 Å². The van der Waals surface area contributed by atoms with E-state index in [4.69, 9.17) is 0 Å². The van der Waals surface area contributed by atoms with Gasteiger partial charge in [0.05, 0.1) is 12.2 Å². The van der Waals surface area contributed by atoms with Crippen LogP contribution in [0.5, 0.6) is 0 Å². The number of nitrogens with zero attached hydrogens (tertiary/aromatic N) is 6. The summed E-state index contributed by atoms with van der Waals surface area (Å²) in [6, 6.07) is 10.1. The van der Waals surface area contributed by atoms with Crippen LogP contribution in [0.3, 0.4) is 0 Å². The highest BCUT2D eigenvalue weighted by atomic mass is 32.1. The second kappa shape index (κ2) is 8.88. The first-order chi connectivity index (χ1) is 15.2. The molecule has 162 valence electrons. The molecule has 5 rings (SSSR count). The Balaban J connectivity index is 1.22. The monoisotopic (exact) mass is 436 g/mol. The van der Waals surface area contributed by atoms with Crippen molar-refractivity contribution in [1.82, 2.24) is 29.5 Å².